The number of methoxy groups -OCH3 is 1. The molecule has 0 saturated heterocycles. The zero-order valence-corrected chi connectivity index (χ0v) is 10.6. The molecule has 1 atom stereocenters. The Bertz CT molecular complexity index is 337. The second-order valence-corrected chi connectivity index (χ2v) is 4.49. The standard InChI is InChI=1S/C13H22N2O/c1-9(2)12(8-16-4)15-11-7-5-6-10(3)13(11)14/h5-7,9,12,15H,8,14H2,1-4H3. The molecule has 0 spiro atoms. The summed E-state index contributed by atoms with van der Waals surface area (Å²) in [5.41, 5.74) is 8.95. The zero-order valence-electron chi connectivity index (χ0n) is 10.6. The van der Waals surface area contributed by atoms with E-state index in [-0.39, 0.29) is 6.04 Å². The summed E-state index contributed by atoms with van der Waals surface area (Å²) in [7, 11) is 1.72. The van der Waals surface area contributed by atoms with Crippen LogP contribution in [0, 0.1) is 12.8 Å². The molecule has 0 bridgehead atoms. The molecule has 3 nitrogen and oxygen atoms in total. The van der Waals surface area contributed by atoms with Gasteiger partial charge in [-0.3, -0.25) is 0 Å². The first-order chi connectivity index (χ1) is 7.56. The van der Waals surface area contributed by atoms with Crippen molar-refractivity contribution in [1.29, 1.82) is 0 Å². The second-order valence-electron chi connectivity index (χ2n) is 4.49. The van der Waals surface area contributed by atoms with E-state index in [1.807, 2.05) is 25.1 Å². The summed E-state index contributed by atoms with van der Waals surface area (Å²) >= 11 is 0. The van der Waals surface area contributed by atoms with Crippen LogP contribution in [0.5, 0.6) is 0 Å². The second kappa shape index (κ2) is 5.75. The van der Waals surface area contributed by atoms with Gasteiger partial charge >= 0.3 is 0 Å². The van der Waals surface area contributed by atoms with Crippen LogP contribution in [0.3, 0.4) is 0 Å². The Morgan fingerprint density at radius 2 is 2.06 bits per heavy atom. The summed E-state index contributed by atoms with van der Waals surface area (Å²) in [5, 5.41) is 3.44. The summed E-state index contributed by atoms with van der Waals surface area (Å²) in [6.07, 6.45) is 0. The Hall–Kier alpha value is -1.22. The molecule has 0 amide bonds. The van der Waals surface area contributed by atoms with Gasteiger partial charge in [0.05, 0.1) is 24.0 Å². The number of hydrogen-bond donors (Lipinski definition) is 2. The number of nitrogens with one attached hydrogen (secondary N) is 1. The Balaban J connectivity index is 2.81. The van der Waals surface area contributed by atoms with Crippen LogP contribution in [0.1, 0.15) is 19.4 Å². The number of hydrogen-bond acceptors (Lipinski definition) is 3. The van der Waals surface area contributed by atoms with E-state index in [0.29, 0.717) is 12.5 Å². The highest BCUT2D eigenvalue weighted by molar-refractivity contribution is 5.69. The summed E-state index contributed by atoms with van der Waals surface area (Å²) in [6.45, 7) is 7.04. The molecule has 0 heterocycles. The molecule has 0 fully saturated rings. The predicted octanol–water partition coefficient (Wildman–Crippen LogP) is 2.66. The summed E-state index contributed by atoms with van der Waals surface area (Å²) in [4.78, 5) is 0. The lowest BCUT2D eigenvalue weighted by atomic mass is 10.0. The van der Waals surface area contributed by atoms with Gasteiger partial charge in [0, 0.05) is 7.11 Å². The van der Waals surface area contributed by atoms with Crippen LogP contribution in [0.25, 0.3) is 0 Å². The molecule has 1 aromatic carbocycles. The van der Waals surface area contributed by atoms with Gasteiger partial charge in [-0.2, -0.15) is 0 Å². The molecule has 0 saturated carbocycles. The number of rotatable bonds is 5. The Kier molecular flexibility index (Phi) is 4.62. The third kappa shape index (κ3) is 3.14. The van der Waals surface area contributed by atoms with E-state index in [1.54, 1.807) is 7.11 Å². The minimum absolute atomic E-state index is 0.286. The van der Waals surface area contributed by atoms with E-state index in [9.17, 15) is 0 Å². The van der Waals surface area contributed by atoms with Gasteiger partial charge in [-0.1, -0.05) is 26.0 Å². The van der Waals surface area contributed by atoms with Crippen LogP contribution in [-0.4, -0.2) is 19.8 Å². The largest absolute Gasteiger partial charge is 0.397 e. The summed E-state index contributed by atoms with van der Waals surface area (Å²) in [6, 6.07) is 6.32. The van der Waals surface area contributed by atoms with Gasteiger partial charge in [-0.25, -0.2) is 0 Å². The number of ether oxygens (including phenoxy) is 1. The smallest absolute Gasteiger partial charge is 0.0666 e. The van der Waals surface area contributed by atoms with Crippen molar-refractivity contribution in [3.8, 4) is 0 Å². The van der Waals surface area contributed by atoms with Crippen molar-refractivity contribution >= 4 is 11.4 Å². The molecule has 0 radical (unpaired) electrons. The third-order valence-corrected chi connectivity index (χ3v) is 2.82. The lowest BCUT2D eigenvalue weighted by molar-refractivity contribution is 0.171. The van der Waals surface area contributed by atoms with E-state index >= 15 is 0 Å². The molecule has 90 valence electrons. The van der Waals surface area contributed by atoms with Crippen LogP contribution in [-0.2, 0) is 4.74 Å². The molecule has 1 aromatic rings. The molecule has 0 aliphatic carbocycles. The normalized spacial score (nSPS) is 12.8. The molecule has 0 aliphatic heterocycles. The van der Waals surface area contributed by atoms with Crippen molar-refractivity contribution in [3.05, 3.63) is 23.8 Å². The predicted molar refractivity (Wildman–Crippen MR) is 69.7 cm³/mol. The van der Waals surface area contributed by atoms with Crippen LogP contribution in [0.15, 0.2) is 18.2 Å². The highest BCUT2D eigenvalue weighted by atomic mass is 16.5. The molecular weight excluding hydrogens is 200 g/mol. The van der Waals surface area contributed by atoms with Crippen molar-refractivity contribution < 1.29 is 4.74 Å². The van der Waals surface area contributed by atoms with Gasteiger partial charge in [0.2, 0.25) is 0 Å². The van der Waals surface area contributed by atoms with Gasteiger partial charge in [-0.05, 0) is 24.5 Å². The summed E-state index contributed by atoms with van der Waals surface area (Å²) in [5.74, 6) is 0.500. The van der Waals surface area contributed by atoms with Gasteiger partial charge in [0.25, 0.3) is 0 Å². The summed E-state index contributed by atoms with van der Waals surface area (Å²) < 4.78 is 5.20. The van der Waals surface area contributed by atoms with Gasteiger partial charge < -0.3 is 15.8 Å². The van der Waals surface area contributed by atoms with Gasteiger partial charge in [-0.15, -0.1) is 0 Å². The number of anilines is 2. The third-order valence-electron chi connectivity index (χ3n) is 2.82. The Morgan fingerprint density at radius 3 is 2.62 bits per heavy atom. The monoisotopic (exact) mass is 222 g/mol. The number of benzene rings is 1. The van der Waals surface area contributed by atoms with Crippen molar-refractivity contribution in [3.63, 3.8) is 0 Å². The molecule has 16 heavy (non-hydrogen) atoms. The van der Waals surface area contributed by atoms with Crippen molar-refractivity contribution in [2.24, 2.45) is 5.92 Å². The maximum Gasteiger partial charge on any atom is 0.0666 e. The van der Waals surface area contributed by atoms with E-state index in [0.717, 1.165) is 16.9 Å². The minimum atomic E-state index is 0.286. The van der Waals surface area contributed by atoms with Crippen molar-refractivity contribution in [1.82, 2.24) is 0 Å². The molecule has 0 aromatic heterocycles. The van der Waals surface area contributed by atoms with Crippen molar-refractivity contribution in [2.45, 2.75) is 26.8 Å². The number of nitrogen functional groups attached to an aromatic ring is 1. The average Bonchev–Trinajstić information content (AvgIpc) is 2.23. The van der Waals surface area contributed by atoms with Crippen LogP contribution in [0.4, 0.5) is 11.4 Å². The molecule has 3 N–H and O–H groups in total. The fourth-order valence-corrected chi connectivity index (χ4v) is 1.59. The molecule has 1 rings (SSSR count). The number of para-hydroxylation sites is 1. The first-order valence-electron chi connectivity index (χ1n) is 5.66. The Labute approximate surface area is 98.0 Å². The molecule has 1 unspecified atom stereocenters. The highest BCUT2D eigenvalue weighted by Gasteiger charge is 2.14. The topological polar surface area (TPSA) is 47.3 Å². The molecule has 0 aliphatic rings. The van der Waals surface area contributed by atoms with E-state index in [4.69, 9.17) is 10.5 Å². The minimum Gasteiger partial charge on any atom is -0.397 e. The van der Waals surface area contributed by atoms with Crippen LogP contribution >= 0.6 is 0 Å². The van der Waals surface area contributed by atoms with Crippen LogP contribution < -0.4 is 11.1 Å². The maximum absolute atomic E-state index is 6.02. The fraction of sp³-hybridized carbons (Fsp3) is 0.538. The number of aryl methyl sites for hydroxylation is 1. The maximum atomic E-state index is 6.02. The lowest BCUT2D eigenvalue weighted by Gasteiger charge is -2.24. The number of nitrogens with two attached hydrogens (primary N) is 1. The highest BCUT2D eigenvalue weighted by Crippen LogP contribution is 2.23. The van der Waals surface area contributed by atoms with E-state index in [2.05, 4.69) is 19.2 Å². The average molecular weight is 222 g/mol. The van der Waals surface area contributed by atoms with E-state index < -0.39 is 0 Å². The molecule has 3 heteroatoms. The quantitative estimate of drug-likeness (QED) is 0.753. The van der Waals surface area contributed by atoms with Crippen LogP contribution in [0.2, 0.25) is 0 Å². The Morgan fingerprint density at radius 1 is 1.38 bits per heavy atom. The van der Waals surface area contributed by atoms with Gasteiger partial charge in [0.1, 0.15) is 0 Å². The first kappa shape index (κ1) is 12.8. The van der Waals surface area contributed by atoms with E-state index in [1.165, 1.54) is 0 Å². The molecular formula is C13H22N2O. The first-order valence-corrected chi connectivity index (χ1v) is 5.66. The zero-order chi connectivity index (χ0) is 12.1. The fourth-order valence-electron chi connectivity index (χ4n) is 1.59. The van der Waals surface area contributed by atoms with Gasteiger partial charge in [0.15, 0.2) is 0 Å². The lowest BCUT2D eigenvalue weighted by Crippen LogP contribution is -2.30. The SMILES string of the molecule is COCC(Nc1cccc(C)c1N)C(C)C. The van der Waals surface area contributed by atoms with Crippen molar-refractivity contribution in [2.75, 3.05) is 24.8 Å².